The molecule has 0 unspecified atom stereocenters. The van der Waals surface area contributed by atoms with Crippen molar-refractivity contribution in [3.63, 3.8) is 0 Å². The summed E-state index contributed by atoms with van der Waals surface area (Å²) in [6.45, 7) is 0.552. The quantitative estimate of drug-likeness (QED) is 0.164. The third-order valence-electron chi connectivity index (χ3n) is 7.68. The van der Waals surface area contributed by atoms with Gasteiger partial charge in [-0.15, -0.1) is 0 Å². The number of rotatable bonds is 16. The number of carboxylic acids is 1. The Bertz CT molecular complexity index is 1500. The highest BCUT2D eigenvalue weighted by Crippen LogP contribution is 2.38. The first-order valence-corrected chi connectivity index (χ1v) is 15.2. The highest BCUT2D eigenvalue weighted by Gasteiger charge is 2.57. The molecule has 0 bridgehead atoms. The number of aliphatic hydroxyl groups is 1. The van der Waals surface area contributed by atoms with Gasteiger partial charge in [-0.1, -0.05) is 121 Å². The van der Waals surface area contributed by atoms with Crippen LogP contribution in [0.5, 0.6) is 0 Å². The molecule has 1 aliphatic rings. The molecule has 1 saturated heterocycles. The Morgan fingerprint density at radius 3 is 1.48 bits per heavy atom. The maximum absolute atomic E-state index is 12.6. The van der Waals surface area contributed by atoms with Crippen molar-refractivity contribution in [3.05, 3.63) is 144 Å². The number of benzene rings is 4. The first-order valence-electron chi connectivity index (χ1n) is 15.2. The number of hydrogen-bond donors (Lipinski definition) is 2. The molecule has 0 amide bonds. The van der Waals surface area contributed by atoms with E-state index in [-0.39, 0.29) is 33.0 Å². The van der Waals surface area contributed by atoms with Gasteiger partial charge < -0.3 is 33.9 Å². The fraction of sp³-hybridized carbons (Fsp3) is 0.297. The zero-order valence-corrected chi connectivity index (χ0v) is 25.4. The van der Waals surface area contributed by atoms with Crippen LogP contribution in [0.3, 0.4) is 0 Å². The van der Waals surface area contributed by atoms with Crippen LogP contribution in [0.15, 0.2) is 121 Å². The van der Waals surface area contributed by atoms with Crippen LogP contribution in [0.25, 0.3) is 0 Å². The molecule has 0 saturated carbocycles. The first kappa shape index (κ1) is 33.2. The van der Waals surface area contributed by atoms with Crippen molar-refractivity contribution in [1.82, 2.24) is 0 Å². The topological polar surface area (TPSA) is 121 Å². The van der Waals surface area contributed by atoms with E-state index >= 15 is 0 Å². The van der Waals surface area contributed by atoms with Gasteiger partial charge in [-0.3, -0.25) is 4.79 Å². The normalized spacial score (nSPS) is 22.7. The van der Waals surface area contributed by atoms with Gasteiger partial charge in [-0.2, -0.15) is 0 Å². The smallest absolute Gasteiger partial charge is 0.372 e. The van der Waals surface area contributed by atoms with E-state index < -0.39 is 48.4 Å². The van der Waals surface area contributed by atoms with Gasteiger partial charge in [-0.25, -0.2) is 4.79 Å². The van der Waals surface area contributed by atoms with Crippen molar-refractivity contribution in [3.8, 4) is 0 Å². The molecule has 1 heterocycles. The number of ketones is 1. The minimum absolute atomic E-state index is 0.0320. The average molecular weight is 627 g/mol. The minimum atomic E-state index is -2.38. The van der Waals surface area contributed by atoms with Crippen LogP contribution < -0.4 is 0 Å². The van der Waals surface area contributed by atoms with Crippen molar-refractivity contribution in [1.29, 1.82) is 0 Å². The summed E-state index contributed by atoms with van der Waals surface area (Å²) in [5, 5.41) is 21.6. The number of carboxylic acid groups (broad SMARTS) is 1. The van der Waals surface area contributed by atoms with E-state index in [4.69, 9.17) is 23.7 Å². The number of ether oxygens (including phenoxy) is 5. The summed E-state index contributed by atoms with van der Waals surface area (Å²) >= 11 is 0. The summed E-state index contributed by atoms with van der Waals surface area (Å²) in [5.41, 5.74) is 3.49. The molecule has 1 fully saturated rings. The lowest BCUT2D eigenvalue weighted by Crippen LogP contribution is -2.67. The minimum Gasteiger partial charge on any atom is -0.475 e. The van der Waals surface area contributed by atoms with Crippen molar-refractivity contribution in [2.45, 2.75) is 63.1 Å². The van der Waals surface area contributed by atoms with E-state index in [0.717, 1.165) is 22.3 Å². The maximum Gasteiger partial charge on any atom is 0.372 e. The second-order valence-electron chi connectivity index (χ2n) is 11.1. The van der Waals surface area contributed by atoms with Gasteiger partial charge in [0.05, 0.1) is 39.5 Å². The second kappa shape index (κ2) is 16.4. The molecule has 0 radical (unpaired) electrons. The Morgan fingerprint density at radius 1 is 0.609 bits per heavy atom. The third kappa shape index (κ3) is 9.17. The zero-order valence-electron chi connectivity index (χ0n) is 25.4. The van der Waals surface area contributed by atoms with Gasteiger partial charge in [-0.05, 0) is 22.3 Å². The number of Topliss-reactive ketones (excluding diaryl/α,β-unsaturated/α-hetero) is 1. The summed E-state index contributed by atoms with van der Waals surface area (Å²) in [4.78, 5) is 24.3. The molecule has 5 rings (SSSR count). The summed E-state index contributed by atoms with van der Waals surface area (Å²) in [6.07, 6.45) is -4.99. The first-order chi connectivity index (χ1) is 22.4. The Kier molecular flexibility index (Phi) is 11.8. The Morgan fingerprint density at radius 2 is 1.02 bits per heavy atom. The largest absolute Gasteiger partial charge is 0.475 e. The van der Waals surface area contributed by atoms with Gasteiger partial charge in [0.25, 0.3) is 0 Å². The van der Waals surface area contributed by atoms with Crippen LogP contribution >= 0.6 is 0 Å². The van der Waals surface area contributed by atoms with Crippen LogP contribution in [0.1, 0.15) is 28.7 Å². The summed E-state index contributed by atoms with van der Waals surface area (Å²) < 4.78 is 31.6. The molecule has 2 N–H and O–H groups in total. The number of hydrogen-bond acceptors (Lipinski definition) is 8. The van der Waals surface area contributed by atoms with Gasteiger partial charge in [0.1, 0.15) is 24.4 Å². The summed E-state index contributed by atoms with van der Waals surface area (Å²) in [5.74, 6) is -5.30. The number of carbonyl (C=O) groups is 2. The summed E-state index contributed by atoms with van der Waals surface area (Å²) in [6, 6.07) is 37.9. The fourth-order valence-electron chi connectivity index (χ4n) is 5.38. The molecule has 1 aliphatic heterocycles. The van der Waals surface area contributed by atoms with E-state index in [1.165, 1.54) is 0 Å². The van der Waals surface area contributed by atoms with Crippen LogP contribution in [0.4, 0.5) is 0 Å². The number of carbonyl (C=O) groups excluding carboxylic acids is 1. The molecule has 9 heteroatoms. The lowest BCUT2D eigenvalue weighted by molar-refractivity contribution is -0.369. The fourth-order valence-corrected chi connectivity index (χ4v) is 5.38. The van der Waals surface area contributed by atoms with E-state index in [2.05, 4.69) is 0 Å². The molecule has 5 atom stereocenters. The van der Waals surface area contributed by atoms with Crippen molar-refractivity contribution >= 4 is 11.8 Å². The standard InChI is InChI=1S/C37H38O9/c38-31(36(39)40)21-37(41)35(45-25-30-19-11-4-12-20-30)34(44-24-29-17-9-3-10-18-29)33(43-23-28-15-7-2-8-16-28)32(46-37)26-42-22-27-13-5-1-6-14-27/h1-20,32-35,41H,21-26H2,(H,39,40)/t32-,33-,34+,35+,37+/m1/s1. The number of aliphatic carboxylic acids is 1. The van der Waals surface area contributed by atoms with Crippen LogP contribution in [-0.4, -0.2) is 58.8 Å². The molecule has 240 valence electrons. The zero-order chi connectivity index (χ0) is 32.2. The predicted molar refractivity (Wildman–Crippen MR) is 168 cm³/mol. The molecular formula is C37H38O9. The monoisotopic (exact) mass is 626 g/mol. The van der Waals surface area contributed by atoms with Crippen LogP contribution in [0.2, 0.25) is 0 Å². The highest BCUT2D eigenvalue weighted by atomic mass is 16.7. The van der Waals surface area contributed by atoms with E-state index in [1.807, 2.05) is 121 Å². The summed E-state index contributed by atoms with van der Waals surface area (Å²) in [7, 11) is 0. The van der Waals surface area contributed by atoms with Gasteiger partial charge in [0, 0.05) is 0 Å². The van der Waals surface area contributed by atoms with Crippen molar-refractivity contribution < 1.29 is 43.5 Å². The molecule has 9 nitrogen and oxygen atoms in total. The lowest BCUT2D eigenvalue weighted by Gasteiger charge is -2.50. The van der Waals surface area contributed by atoms with E-state index in [9.17, 15) is 19.8 Å². The predicted octanol–water partition coefficient (Wildman–Crippen LogP) is 5.09. The van der Waals surface area contributed by atoms with Crippen molar-refractivity contribution in [2.24, 2.45) is 0 Å². The van der Waals surface area contributed by atoms with E-state index in [0.29, 0.717) is 0 Å². The Labute approximate surface area is 268 Å². The van der Waals surface area contributed by atoms with Crippen LogP contribution in [-0.2, 0) is 59.7 Å². The molecule has 0 aromatic heterocycles. The molecular weight excluding hydrogens is 588 g/mol. The molecule has 4 aromatic rings. The molecule has 0 aliphatic carbocycles. The second-order valence-corrected chi connectivity index (χ2v) is 11.1. The van der Waals surface area contributed by atoms with Gasteiger partial charge in [0.2, 0.25) is 11.6 Å². The molecule has 46 heavy (non-hydrogen) atoms. The van der Waals surface area contributed by atoms with Crippen LogP contribution in [0, 0.1) is 0 Å². The SMILES string of the molecule is O=C(O)C(=O)C[C@]1(O)O[C@H](COCc2ccccc2)[C@@H](OCc2ccccc2)[C@H](OCc2ccccc2)[C@@H]1OCc1ccccc1. The van der Waals surface area contributed by atoms with Gasteiger partial charge in [0.15, 0.2) is 0 Å². The lowest BCUT2D eigenvalue weighted by atomic mass is 9.88. The third-order valence-corrected chi connectivity index (χ3v) is 7.68. The molecule has 4 aromatic carbocycles. The Hall–Kier alpha value is -4.22. The molecule has 0 spiro atoms. The maximum atomic E-state index is 12.6. The highest BCUT2D eigenvalue weighted by molar-refractivity contribution is 6.32. The van der Waals surface area contributed by atoms with Gasteiger partial charge >= 0.3 is 5.97 Å². The Balaban J connectivity index is 1.49. The van der Waals surface area contributed by atoms with Crippen molar-refractivity contribution in [2.75, 3.05) is 6.61 Å². The van der Waals surface area contributed by atoms with E-state index in [1.54, 1.807) is 0 Å². The average Bonchev–Trinajstić information content (AvgIpc) is 3.08.